The van der Waals surface area contributed by atoms with Crippen LogP contribution in [0.15, 0.2) is 0 Å². The van der Waals surface area contributed by atoms with Crippen molar-refractivity contribution in [2.75, 3.05) is 19.8 Å². The lowest BCUT2D eigenvalue weighted by molar-refractivity contribution is -0.141. The lowest BCUT2D eigenvalue weighted by Crippen LogP contribution is -2.37. The van der Waals surface area contributed by atoms with E-state index < -0.39 is 0 Å². The highest BCUT2D eigenvalue weighted by Gasteiger charge is 2.67. The summed E-state index contributed by atoms with van der Waals surface area (Å²) in [5.41, 5.74) is 0. The lowest BCUT2D eigenvalue weighted by Gasteiger charge is -2.18. The standard InChI is InChI=1S/C15H25NO3/c1-3-18-11(19-4-2)8-16-15(17)14-12-9-5-6-10(7-9)13(12)14/h9-14H,3-8H2,1-2H3,(H,16,17). The molecule has 4 nitrogen and oxygen atoms in total. The molecule has 3 rings (SSSR count). The second-order valence-electron chi connectivity index (χ2n) is 6.10. The van der Waals surface area contributed by atoms with Crippen molar-refractivity contribution in [3.05, 3.63) is 0 Å². The molecule has 1 amide bonds. The highest BCUT2D eigenvalue weighted by atomic mass is 16.7. The van der Waals surface area contributed by atoms with Crippen molar-refractivity contribution in [2.45, 2.75) is 39.4 Å². The molecule has 2 bridgehead atoms. The molecule has 3 saturated carbocycles. The molecule has 1 N–H and O–H groups in total. The Bertz CT molecular complexity index is 324. The van der Waals surface area contributed by atoms with Crippen molar-refractivity contribution in [2.24, 2.45) is 29.6 Å². The van der Waals surface area contributed by atoms with Crippen molar-refractivity contribution >= 4 is 5.91 Å². The van der Waals surface area contributed by atoms with Gasteiger partial charge in [-0.05, 0) is 56.8 Å². The molecule has 0 aliphatic heterocycles. The minimum atomic E-state index is -0.297. The van der Waals surface area contributed by atoms with Crippen LogP contribution in [0, 0.1) is 29.6 Å². The Morgan fingerprint density at radius 2 is 1.74 bits per heavy atom. The van der Waals surface area contributed by atoms with Crippen LogP contribution in [0.4, 0.5) is 0 Å². The van der Waals surface area contributed by atoms with Gasteiger partial charge in [0, 0.05) is 19.1 Å². The van der Waals surface area contributed by atoms with Crippen LogP contribution in [0.3, 0.4) is 0 Å². The molecule has 4 unspecified atom stereocenters. The predicted molar refractivity (Wildman–Crippen MR) is 71.4 cm³/mol. The first-order valence-electron chi connectivity index (χ1n) is 7.77. The fourth-order valence-corrected chi connectivity index (χ4v) is 4.52. The van der Waals surface area contributed by atoms with Gasteiger partial charge in [-0.3, -0.25) is 4.79 Å². The van der Waals surface area contributed by atoms with Gasteiger partial charge >= 0.3 is 0 Å². The number of hydrogen-bond donors (Lipinski definition) is 1. The second kappa shape index (κ2) is 5.41. The van der Waals surface area contributed by atoms with Crippen molar-refractivity contribution in [1.82, 2.24) is 5.32 Å². The smallest absolute Gasteiger partial charge is 0.223 e. The van der Waals surface area contributed by atoms with E-state index in [4.69, 9.17) is 9.47 Å². The van der Waals surface area contributed by atoms with Crippen LogP contribution >= 0.6 is 0 Å². The van der Waals surface area contributed by atoms with E-state index in [2.05, 4.69) is 5.32 Å². The van der Waals surface area contributed by atoms with Gasteiger partial charge in [0.1, 0.15) is 0 Å². The Balaban J connectivity index is 1.45. The van der Waals surface area contributed by atoms with Crippen LogP contribution in [-0.2, 0) is 14.3 Å². The van der Waals surface area contributed by atoms with Gasteiger partial charge in [0.25, 0.3) is 0 Å². The number of ether oxygens (including phenoxy) is 2. The molecular formula is C15H25NO3. The van der Waals surface area contributed by atoms with Gasteiger partial charge in [-0.25, -0.2) is 0 Å². The summed E-state index contributed by atoms with van der Waals surface area (Å²) in [7, 11) is 0. The monoisotopic (exact) mass is 267 g/mol. The van der Waals surface area contributed by atoms with Crippen molar-refractivity contribution in [1.29, 1.82) is 0 Å². The number of rotatable bonds is 7. The molecule has 0 heterocycles. The summed E-state index contributed by atoms with van der Waals surface area (Å²) in [6, 6.07) is 0. The highest BCUT2D eigenvalue weighted by Crippen LogP contribution is 2.69. The summed E-state index contributed by atoms with van der Waals surface area (Å²) in [6.07, 6.45) is 3.81. The average molecular weight is 267 g/mol. The Kier molecular flexibility index (Phi) is 3.81. The van der Waals surface area contributed by atoms with E-state index in [-0.39, 0.29) is 12.2 Å². The molecular weight excluding hydrogens is 242 g/mol. The molecule has 0 spiro atoms. The largest absolute Gasteiger partial charge is 0.351 e. The summed E-state index contributed by atoms with van der Waals surface area (Å²) in [6.45, 7) is 5.58. The number of fused-ring (bicyclic) bond motifs is 5. The van der Waals surface area contributed by atoms with Crippen LogP contribution in [-0.4, -0.2) is 32.0 Å². The van der Waals surface area contributed by atoms with Gasteiger partial charge in [0.2, 0.25) is 5.91 Å². The first-order chi connectivity index (χ1) is 9.26. The SMILES string of the molecule is CCOC(CNC(=O)C1C2C3CCC(C3)C12)OCC. The van der Waals surface area contributed by atoms with Crippen LogP contribution in [0.2, 0.25) is 0 Å². The van der Waals surface area contributed by atoms with Gasteiger partial charge in [-0.15, -0.1) is 0 Å². The Morgan fingerprint density at radius 3 is 2.26 bits per heavy atom. The zero-order chi connectivity index (χ0) is 13.4. The van der Waals surface area contributed by atoms with E-state index in [0.717, 1.165) is 11.8 Å². The van der Waals surface area contributed by atoms with Crippen molar-refractivity contribution in [3.8, 4) is 0 Å². The predicted octanol–water partition coefficient (Wildman–Crippen LogP) is 1.79. The zero-order valence-corrected chi connectivity index (χ0v) is 11.9. The molecule has 0 aromatic rings. The fraction of sp³-hybridized carbons (Fsp3) is 0.933. The number of carbonyl (C=O) groups excluding carboxylic acids is 1. The molecule has 4 heteroatoms. The summed E-state index contributed by atoms with van der Waals surface area (Å²) < 4.78 is 10.9. The van der Waals surface area contributed by atoms with Crippen LogP contribution < -0.4 is 5.32 Å². The molecule has 3 fully saturated rings. The maximum atomic E-state index is 12.2. The minimum Gasteiger partial charge on any atom is -0.351 e. The van der Waals surface area contributed by atoms with Gasteiger partial charge in [0.05, 0.1) is 6.54 Å². The van der Waals surface area contributed by atoms with Gasteiger partial charge < -0.3 is 14.8 Å². The number of amides is 1. The molecule has 3 aliphatic rings. The third-order valence-corrected chi connectivity index (χ3v) is 5.19. The summed E-state index contributed by atoms with van der Waals surface area (Å²) in [5, 5.41) is 3.02. The quantitative estimate of drug-likeness (QED) is 0.715. The summed E-state index contributed by atoms with van der Waals surface area (Å²) in [5.74, 6) is 3.64. The highest BCUT2D eigenvalue weighted by molar-refractivity contribution is 5.82. The van der Waals surface area contributed by atoms with Crippen molar-refractivity contribution < 1.29 is 14.3 Å². The Labute approximate surface area is 115 Å². The second-order valence-corrected chi connectivity index (χ2v) is 6.10. The maximum absolute atomic E-state index is 12.2. The van der Waals surface area contributed by atoms with E-state index in [9.17, 15) is 4.79 Å². The number of hydrogen-bond acceptors (Lipinski definition) is 3. The summed E-state index contributed by atoms with van der Waals surface area (Å²) >= 11 is 0. The normalized spacial score (nSPS) is 38.6. The molecule has 0 aromatic heterocycles. The molecule has 0 aromatic carbocycles. The van der Waals surface area contributed by atoms with Gasteiger partial charge in [0.15, 0.2) is 6.29 Å². The van der Waals surface area contributed by atoms with E-state index in [1.807, 2.05) is 13.8 Å². The van der Waals surface area contributed by atoms with Crippen LogP contribution in [0.25, 0.3) is 0 Å². The summed E-state index contributed by atoms with van der Waals surface area (Å²) in [4.78, 5) is 12.2. The molecule has 3 aliphatic carbocycles. The number of nitrogens with one attached hydrogen (secondary N) is 1. The molecule has 19 heavy (non-hydrogen) atoms. The first kappa shape index (κ1) is 13.4. The van der Waals surface area contributed by atoms with Crippen molar-refractivity contribution in [3.63, 3.8) is 0 Å². The lowest BCUT2D eigenvalue weighted by atomic mass is 10.0. The fourth-order valence-electron chi connectivity index (χ4n) is 4.52. The van der Waals surface area contributed by atoms with Gasteiger partial charge in [-0.1, -0.05) is 0 Å². The average Bonchev–Trinajstić information content (AvgIpc) is 2.85. The molecule has 4 atom stereocenters. The van der Waals surface area contributed by atoms with E-state index in [1.165, 1.54) is 19.3 Å². The minimum absolute atomic E-state index is 0.232. The van der Waals surface area contributed by atoms with E-state index in [1.54, 1.807) is 0 Å². The first-order valence-corrected chi connectivity index (χ1v) is 7.77. The van der Waals surface area contributed by atoms with Crippen LogP contribution in [0.1, 0.15) is 33.1 Å². The number of carbonyl (C=O) groups is 1. The van der Waals surface area contributed by atoms with Gasteiger partial charge in [-0.2, -0.15) is 0 Å². The molecule has 108 valence electrons. The van der Waals surface area contributed by atoms with E-state index in [0.29, 0.717) is 37.5 Å². The Morgan fingerprint density at radius 1 is 1.16 bits per heavy atom. The zero-order valence-electron chi connectivity index (χ0n) is 11.9. The third-order valence-electron chi connectivity index (χ3n) is 5.19. The topological polar surface area (TPSA) is 47.6 Å². The van der Waals surface area contributed by atoms with Crippen LogP contribution in [0.5, 0.6) is 0 Å². The molecule has 0 radical (unpaired) electrons. The van der Waals surface area contributed by atoms with E-state index >= 15 is 0 Å². The maximum Gasteiger partial charge on any atom is 0.223 e. The third kappa shape index (κ3) is 2.40. The molecule has 0 saturated heterocycles. The Hall–Kier alpha value is -0.610.